The number of amides is 4. The molecule has 2 aromatic carbocycles. The Bertz CT molecular complexity index is 856. The first-order valence-electron chi connectivity index (χ1n) is 9.33. The lowest BCUT2D eigenvalue weighted by Crippen LogP contribution is -3.09. The second-order valence-corrected chi connectivity index (χ2v) is 7.03. The van der Waals surface area contributed by atoms with Crippen LogP contribution in [0.5, 0.6) is 0 Å². The molecule has 2 atom stereocenters. The van der Waals surface area contributed by atoms with Crippen molar-refractivity contribution in [2.45, 2.75) is 25.4 Å². The van der Waals surface area contributed by atoms with E-state index in [0.29, 0.717) is 18.5 Å². The van der Waals surface area contributed by atoms with Gasteiger partial charge in [0.05, 0.1) is 7.05 Å². The van der Waals surface area contributed by atoms with E-state index in [1.165, 1.54) is 0 Å². The van der Waals surface area contributed by atoms with E-state index in [-0.39, 0.29) is 6.54 Å². The number of hydrogen-bond donors (Lipinski definition) is 3. The first-order valence-corrected chi connectivity index (χ1v) is 9.33. The molecule has 1 unspecified atom stereocenters. The second kappa shape index (κ2) is 8.22. The van der Waals surface area contributed by atoms with Crippen molar-refractivity contribution < 1.29 is 19.3 Å². The Kier molecular flexibility index (Phi) is 5.75. The predicted octanol–water partition coefficient (Wildman–Crippen LogP) is 0.590. The Balaban J connectivity index is 1.66. The van der Waals surface area contributed by atoms with Crippen molar-refractivity contribution in [1.82, 2.24) is 15.8 Å². The van der Waals surface area contributed by atoms with Crippen LogP contribution in [-0.2, 0) is 21.7 Å². The molecule has 7 nitrogen and oxygen atoms in total. The van der Waals surface area contributed by atoms with Gasteiger partial charge in [-0.05, 0) is 12.0 Å². The molecule has 3 rings (SSSR count). The number of rotatable bonds is 7. The first-order chi connectivity index (χ1) is 13.5. The molecule has 146 valence electrons. The number of nitrogens with one attached hydrogen (secondary N) is 3. The monoisotopic (exact) mass is 381 g/mol. The molecular weight excluding hydrogens is 356 g/mol. The van der Waals surface area contributed by atoms with Crippen molar-refractivity contribution in [2.24, 2.45) is 0 Å². The van der Waals surface area contributed by atoms with Gasteiger partial charge in [0.1, 0.15) is 12.1 Å². The molecule has 1 aliphatic heterocycles. The summed E-state index contributed by atoms with van der Waals surface area (Å²) in [7, 11) is 1.89. The fourth-order valence-electron chi connectivity index (χ4n) is 3.48. The van der Waals surface area contributed by atoms with Gasteiger partial charge < -0.3 is 10.2 Å². The van der Waals surface area contributed by atoms with Crippen LogP contribution in [0.3, 0.4) is 0 Å². The third kappa shape index (κ3) is 3.89. The van der Waals surface area contributed by atoms with Crippen molar-refractivity contribution in [3.63, 3.8) is 0 Å². The standard InChI is InChI=1S/C21H24N4O3/c1-3-21(17-12-8-5-9-13-17)19(27)25(20(28)22-21)23-18(26)15-24(2)14-16-10-6-4-7-11-16/h4-13H,3,14-15H2,1-2H3,(H,22,28)(H,23,26)/p+1/t21-/m0/s1. The largest absolute Gasteiger partial charge is 0.344 e. The van der Waals surface area contributed by atoms with E-state index in [0.717, 1.165) is 15.5 Å². The summed E-state index contributed by atoms with van der Waals surface area (Å²) in [6.07, 6.45) is 0.382. The van der Waals surface area contributed by atoms with Gasteiger partial charge in [0.2, 0.25) is 0 Å². The molecule has 4 amide bonds. The zero-order valence-electron chi connectivity index (χ0n) is 16.1. The Morgan fingerprint density at radius 2 is 1.68 bits per heavy atom. The van der Waals surface area contributed by atoms with Gasteiger partial charge in [-0.15, -0.1) is 0 Å². The van der Waals surface area contributed by atoms with Crippen LogP contribution in [0.1, 0.15) is 24.5 Å². The number of hydrazine groups is 1. The highest BCUT2D eigenvalue weighted by Gasteiger charge is 2.52. The van der Waals surface area contributed by atoms with E-state index in [1.807, 2.05) is 62.5 Å². The van der Waals surface area contributed by atoms with Gasteiger partial charge in [0.25, 0.3) is 11.8 Å². The van der Waals surface area contributed by atoms with Crippen LogP contribution in [-0.4, -0.2) is 36.4 Å². The van der Waals surface area contributed by atoms with Crippen molar-refractivity contribution in [3.8, 4) is 0 Å². The van der Waals surface area contributed by atoms with Crippen molar-refractivity contribution in [2.75, 3.05) is 13.6 Å². The number of nitrogens with zero attached hydrogens (tertiary/aromatic N) is 1. The third-order valence-corrected chi connectivity index (χ3v) is 4.94. The van der Waals surface area contributed by atoms with Crippen molar-refractivity contribution >= 4 is 17.8 Å². The summed E-state index contributed by atoms with van der Waals surface area (Å²) in [5.41, 5.74) is 3.11. The molecule has 1 fully saturated rings. The number of benzene rings is 2. The number of likely N-dealkylation sites (N-methyl/N-ethyl adjacent to an activating group) is 1. The smallest absolute Gasteiger partial charge is 0.326 e. The minimum Gasteiger partial charge on any atom is -0.326 e. The van der Waals surface area contributed by atoms with Gasteiger partial charge in [-0.2, -0.15) is 5.01 Å². The van der Waals surface area contributed by atoms with Crippen LogP contribution >= 0.6 is 0 Å². The van der Waals surface area contributed by atoms with Gasteiger partial charge in [-0.25, -0.2) is 4.79 Å². The molecule has 0 radical (unpaired) electrons. The van der Waals surface area contributed by atoms with E-state index in [4.69, 9.17) is 0 Å². The summed E-state index contributed by atoms with van der Waals surface area (Å²) in [6, 6.07) is 18.3. The molecule has 1 aliphatic rings. The van der Waals surface area contributed by atoms with Crippen molar-refractivity contribution in [1.29, 1.82) is 0 Å². The molecule has 0 aromatic heterocycles. The number of carbonyl (C=O) groups is 3. The molecule has 0 aliphatic carbocycles. The predicted molar refractivity (Wildman–Crippen MR) is 104 cm³/mol. The molecule has 0 spiro atoms. The van der Waals surface area contributed by atoms with E-state index in [9.17, 15) is 14.4 Å². The van der Waals surface area contributed by atoms with Crippen LogP contribution in [0, 0.1) is 0 Å². The molecule has 7 heteroatoms. The lowest BCUT2D eigenvalue weighted by molar-refractivity contribution is -0.885. The van der Waals surface area contributed by atoms with Gasteiger partial charge in [-0.1, -0.05) is 67.6 Å². The summed E-state index contributed by atoms with van der Waals surface area (Å²) < 4.78 is 0. The minimum absolute atomic E-state index is 0.135. The summed E-state index contributed by atoms with van der Waals surface area (Å²) in [5, 5.41) is 3.55. The molecule has 3 N–H and O–H groups in total. The Morgan fingerprint density at radius 3 is 2.29 bits per heavy atom. The third-order valence-electron chi connectivity index (χ3n) is 4.94. The molecule has 28 heavy (non-hydrogen) atoms. The quantitative estimate of drug-likeness (QED) is 0.614. The summed E-state index contributed by atoms with van der Waals surface area (Å²) in [6.45, 7) is 2.63. The maximum Gasteiger partial charge on any atom is 0.344 e. The van der Waals surface area contributed by atoms with E-state index in [2.05, 4.69) is 10.7 Å². The molecule has 1 saturated heterocycles. The van der Waals surface area contributed by atoms with Gasteiger partial charge in [0.15, 0.2) is 6.54 Å². The topological polar surface area (TPSA) is 83.0 Å². The van der Waals surface area contributed by atoms with Crippen LogP contribution in [0.25, 0.3) is 0 Å². The van der Waals surface area contributed by atoms with Crippen LogP contribution in [0.4, 0.5) is 4.79 Å². The molecule has 2 aromatic rings. The maximum absolute atomic E-state index is 13.0. The van der Waals surface area contributed by atoms with Crippen LogP contribution in [0.2, 0.25) is 0 Å². The summed E-state index contributed by atoms with van der Waals surface area (Å²) in [5.74, 6) is -0.864. The SMILES string of the molecule is CC[C@@]1(c2ccccc2)NC(=O)N(NC(=O)C[NH+](C)Cc2ccccc2)C1=O. The highest BCUT2D eigenvalue weighted by molar-refractivity contribution is 6.08. The zero-order valence-corrected chi connectivity index (χ0v) is 16.1. The molecule has 0 saturated carbocycles. The maximum atomic E-state index is 13.0. The highest BCUT2D eigenvalue weighted by atomic mass is 16.2. The Labute approximate surface area is 164 Å². The lowest BCUT2D eigenvalue weighted by Gasteiger charge is -2.25. The number of urea groups is 1. The summed E-state index contributed by atoms with van der Waals surface area (Å²) in [4.78, 5) is 38.8. The van der Waals surface area contributed by atoms with E-state index < -0.39 is 23.4 Å². The fourth-order valence-corrected chi connectivity index (χ4v) is 3.48. The Hall–Kier alpha value is -3.19. The minimum atomic E-state index is -1.16. The second-order valence-electron chi connectivity index (χ2n) is 7.03. The van der Waals surface area contributed by atoms with Crippen LogP contribution in [0.15, 0.2) is 60.7 Å². The fraction of sp³-hybridized carbons (Fsp3) is 0.286. The average molecular weight is 381 g/mol. The Morgan fingerprint density at radius 1 is 1.07 bits per heavy atom. The molecular formula is C21H25N4O3+. The van der Waals surface area contributed by atoms with Crippen molar-refractivity contribution in [3.05, 3.63) is 71.8 Å². The average Bonchev–Trinajstić information content (AvgIpc) is 2.94. The number of quaternary nitrogens is 1. The number of imide groups is 1. The number of hydrogen-bond acceptors (Lipinski definition) is 3. The van der Waals surface area contributed by atoms with Gasteiger partial charge in [-0.3, -0.25) is 15.0 Å². The molecule has 0 bridgehead atoms. The normalized spacial score (nSPS) is 20.0. The van der Waals surface area contributed by atoms with Crippen LogP contribution < -0.4 is 15.6 Å². The zero-order chi connectivity index (χ0) is 20.1. The first kappa shape index (κ1) is 19.6. The highest BCUT2D eigenvalue weighted by Crippen LogP contribution is 2.31. The molecule has 1 heterocycles. The van der Waals surface area contributed by atoms with E-state index in [1.54, 1.807) is 12.1 Å². The summed E-state index contributed by atoms with van der Waals surface area (Å²) >= 11 is 0. The van der Waals surface area contributed by atoms with E-state index >= 15 is 0 Å². The van der Waals surface area contributed by atoms with Gasteiger partial charge in [0, 0.05) is 5.56 Å². The lowest BCUT2D eigenvalue weighted by atomic mass is 9.87. The van der Waals surface area contributed by atoms with Gasteiger partial charge >= 0.3 is 6.03 Å². The number of carbonyl (C=O) groups excluding carboxylic acids is 3.